The largest absolute Gasteiger partial charge is 0.507 e. The Bertz CT molecular complexity index is 812. The molecule has 1 aliphatic heterocycles. The summed E-state index contributed by atoms with van der Waals surface area (Å²) in [5, 5.41) is 13.1. The molecule has 1 atom stereocenters. The van der Waals surface area contributed by atoms with Gasteiger partial charge in [0.25, 0.3) is 5.91 Å². The normalized spacial score (nSPS) is 16.3. The summed E-state index contributed by atoms with van der Waals surface area (Å²) in [7, 11) is 1.28. The van der Waals surface area contributed by atoms with Crippen molar-refractivity contribution in [2.24, 2.45) is 0 Å². The van der Waals surface area contributed by atoms with Gasteiger partial charge in [-0.05, 0) is 48.7 Å². The average molecular weight is 355 g/mol. The second-order valence-corrected chi connectivity index (χ2v) is 6.15. The third kappa shape index (κ3) is 4.03. The van der Waals surface area contributed by atoms with Crippen molar-refractivity contribution in [2.45, 2.75) is 18.9 Å². The van der Waals surface area contributed by atoms with E-state index in [4.69, 9.17) is 4.74 Å². The topological polar surface area (TPSA) is 84.9 Å². The number of rotatable bonds is 5. The van der Waals surface area contributed by atoms with Crippen LogP contribution in [0.2, 0.25) is 0 Å². The summed E-state index contributed by atoms with van der Waals surface area (Å²) < 4.78 is 10.1. The maximum absolute atomic E-state index is 12.4. The molecule has 2 aromatic rings. The Hall–Kier alpha value is -2.86. The van der Waals surface area contributed by atoms with Gasteiger partial charge in [0, 0.05) is 24.3 Å². The van der Waals surface area contributed by atoms with Gasteiger partial charge in [0.2, 0.25) is 0 Å². The van der Waals surface area contributed by atoms with Crippen molar-refractivity contribution in [3.8, 4) is 16.9 Å². The fourth-order valence-corrected chi connectivity index (χ4v) is 2.96. The molecule has 0 radical (unpaired) electrons. The van der Waals surface area contributed by atoms with Gasteiger partial charge in [-0.25, -0.2) is 4.79 Å². The minimum Gasteiger partial charge on any atom is -0.507 e. The summed E-state index contributed by atoms with van der Waals surface area (Å²) in [5.74, 6) is -0.757. The number of methoxy groups -OCH3 is 1. The highest BCUT2D eigenvalue weighted by Crippen LogP contribution is 2.30. The van der Waals surface area contributed by atoms with Crippen molar-refractivity contribution in [3.05, 3.63) is 53.6 Å². The molecule has 1 heterocycles. The van der Waals surface area contributed by atoms with Crippen LogP contribution in [0.3, 0.4) is 0 Å². The van der Waals surface area contributed by atoms with Gasteiger partial charge in [-0.15, -0.1) is 0 Å². The summed E-state index contributed by atoms with van der Waals surface area (Å²) in [6.07, 6.45) is 2.06. The smallest absolute Gasteiger partial charge is 0.337 e. The van der Waals surface area contributed by atoms with Gasteiger partial charge in [0.1, 0.15) is 5.75 Å². The predicted octanol–water partition coefficient (Wildman–Crippen LogP) is 2.75. The first kappa shape index (κ1) is 17.9. The Morgan fingerprint density at radius 1 is 1.23 bits per heavy atom. The molecule has 136 valence electrons. The van der Waals surface area contributed by atoms with E-state index in [1.54, 1.807) is 36.4 Å². The molecule has 6 heteroatoms. The molecule has 1 amide bonds. The standard InChI is InChI=1S/C20H21NO5/c1-25-20(24)15-7-8-17(18(22)11-15)13-4-2-5-14(10-13)19(23)21-12-16-6-3-9-26-16/h2,4-5,7-8,10-11,16,22H,3,6,9,12H2,1H3,(H,21,23). The fourth-order valence-electron chi connectivity index (χ4n) is 2.96. The van der Waals surface area contributed by atoms with Gasteiger partial charge in [-0.1, -0.05) is 12.1 Å². The molecule has 0 saturated carbocycles. The van der Waals surface area contributed by atoms with E-state index in [9.17, 15) is 14.7 Å². The minimum atomic E-state index is -0.519. The maximum Gasteiger partial charge on any atom is 0.337 e. The third-order valence-electron chi connectivity index (χ3n) is 4.37. The highest BCUT2D eigenvalue weighted by Gasteiger charge is 2.17. The Morgan fingerprint density at radius 3 is 2.77 bits per heavy atom. The molecule has 0 bridgehead atoms. The maximum atomic E-state index is 12.4. The number of carbonyl (C=O) groups excluding carboxylic acids is 2. The fraction of sp³-hybridized carbons (Fsp3) is 0.300. The van der Waals surface area contributed by atoms with E-state index in [0.29, 0.717) is 23.2 Å². The lowest BCUT2D eigenvalue weighted by molar-refractivity contribution is 0.0600. The number of aromatic hydroxyl groups is 1. The first-order chi connectivity index (χ1) is 12.6. The van der Waals surface area contributed by atoms with Crippen LogP contribution in [0.5, 0.6) is 5.75 Å². The Morgan fingerprint density at radius 2 is 2.08 bits per heavy atom. The van der Waals surface area contributed by atoms with Crippen LogP contribution in [0.15, 0.2) is 42.5 Å². The second-order valence-electron chi connectivity index (χ2n) is 6.15. The molecule has 1 fully saturated rings. The SMILES string of the molecule is COC(=O)c1ccc(-c2cccc(C(=O)NCC3CCCO3)c2)c(O)c1. The van der Waals surface area contributed by atoms with Gasteiger partial charge in [0.15, 0.2) is 0 Å². The molecule has 26 heavy (non-hydrogen) atoms. The molecular formula is C20H21NO5. The molecule has 2 aromatic carbocycles. The van der Waals surface area contributed by atoms with Crippen LogP contribution in [0, 0.1) is 0 Å². The molecule has 3 rings (SSSR count). The Balaban J connectivity index is 1.76. The van der Waals surface area contributed by atoms with Gasteiger partial charge in [-0.2, -0.15) is 0 Å². The van der Waals surface area contributed by atoms with Gasteiger partial charge < -0.3 is 19.9 Å². The molecule has 0 spiro atoms. The highest BCUT2D eigenvalue weighted by atomic mass is 16.5. The number of phenolic OH excluding ortho intramolecular Hbond substituents is 1. The van der Waals surface area contributed by atoms with Crippen molar-refractivity contribution in [1.29, 1.82) is 0 Å². The number of amides is 1. The monoisotopic (exact) mass is 355 g/mol. The summed E-state index contributed by atoms with van der Waals surface area (Å²) in [6.45, 7) is 1.24. The van der Waals surface area contributed by atoms with E-state index in [1.165, 1.54) is 13.2 Å². The first-order valence-corrected chi connectivity index (χ1v) is 8.50. The van der Waals surface area contributed by atoms with Crippen molar-refractivity contribution in [3.63, 3.8) is 0 Å². The molecule has 0 aliphatic carbocycles. The molecule has 2 N–H and O–H groups in total. The van der Waals surface area contributed by atoms with Crippen molar-refractivity contribution in [2.75, 3.05) is 20.3 Å². The second kappa shape index (κ2) is 8.01. The lowest BCUT2D eigenvalue weighted by Gasteiger charge is -2.12. The number of nitrogens with one attached hydrogen (secondary N) is 1. The van der Waals surface area contributed by atoms with Crippen LogP contribution in [0.4, 0.5) is 0 Å². The number of benzene rings is 2. The van der Waals surface area contributed by atoms with E-state index in [0.717, 1.165) is 19.4 Å². The predicted molar refractivity (Wildman–Crippen MR) is 96.2 cm³/mol. The summed E-state index contributed by atoms with van der Waals surface area (Å²) in [4.78, 5) is 23.9. The van der Waals surface area contributed by atoms with Crippen LogP contribution in [0.1, 0.15) is 33.6 Å². The molecular weight excluding hydrogens is 334 g/mol. The number of esters is 1. The zero-order chi connectivity index (χ0) is 18.5. The molecule has 0 aromatic heterocycles. The van der Waals surface area contributed by atoms with Crippen LogP contribution >= 0.6 is 0 Å². The van der Waals surface area contributed by atoms with Crippen molar-refractivity contribution < 1.29 is 24.2 Å². The summed E-state index contributed by atoms with van der Waals surface area (Å²) >= 11 is 0. The number of carbonyl (C=O) groups is 2. The van der Waals surface area contributed by atoms with Crippen LogP contribution in [-0.4, -0.2) is 43.3 Å². The zero-order valence-corrected chi connectivity index (χ0v) is 14.5. The molecule has 1 saturated heterocycles. The summed E-state index contributed by atoms with van der Waals surface area (Å²) in [5.41, 5.74) is 1.98. The lowest BCUT2D eigenvalue weighted by atomic mass is 10.0. The average Bonchev–Trinajstić information content (AvgIpc) is 3.19. The Kier molecular flexibility index (Phi) is 5.53. The highest BCUT2D eigenvalue weighted by molar-refractivity contribution is 5.96. The van der Waals surface area contributed by atoms with Crippen molar-refractivity contribution in [1.82, 2.24) is 5.32 Å². The van der Waals surface area contributed by atoms with Crippen LogP contribution in [-0.2, 0) is 9.47 Å². The Labute approximate surface area is 151 Å². The van der Waals surface area contributed by atoms with E-state index in [2.05, 4.69) is 10.1 Å². The minimum absolute atomic E-state index is 0.0511. The number of phenols is 1. The first-order valence-electron chi connectivity index (χ1n) is 8.50. The number of hydrogen-bond donors (Lipinski definition) is 2. The van der Waals surface area contributed by atoms with Crippen LogP contribution < -0.4 is 5.32 Å². The van der Waals surface area contributed by atoms with Gasteiger partial charge in [0.05, 0.1) is 18.8 Å². The summed E-state index contributed by atoms with van der Waals surface area (Å²) in [6, 6.07) is 11.5. The van der Waals surface area contributed by atoms with E-state index < -0.39 is 5.97 Å². The molecule has 1 aliphatic rings. The van der Waals surface area contributed by atoms with Crippen molar-refractivity contribution >= 4 is 11.9 Å². The van der Waals surface area contributed by atoms with E-state index >= 15 is 0 Å². The number of ether oxygens (including phenoxy) is 2. The quantitative estimate of drug-likeness (QED) is 0.806. The molecule has 6 nitrogen and oxygen atoms in total. The zero-order valence-electron chi connectivity index (χ0n) is 14.5. The van der Waals surface area contributed by atoms with Crippen LogP contribution in [0.25, 0.3) is 11.1 Å². The molecule has 1 unspecified atom stereocenters. The number of hydrogen-bond acceptors (Lipinski definition) is 5. The van der Waals surface area contributed by atoms with Gasteiger partial charge in [-0.3, -0.25) is 4.79 Å². The van der Waals surface area contributed by atoms with E-state index in [1.807, 2.05) is 0 Å². The third-order valence-corrected chi connectivity index (χ3v) is 4.37. The van der Waals surface area contributed by atoms with Gasteiger partial charge >= 0.3 is 5.97 Å². The van der Waals surface area contributed by atoms with E-state index in [-0.39, 0.29) is 23.3 Å². The lowest BCUT2D eigenvalue weighted by Crippen LogP contribution is -2.31.